The number of nitrogens with one attached hydrogen (secondary N) is 1. The highest BCUT2D eigenvalue weighted by Gasteiger charge is 2.41. The van der Waals surface area contributed by atoms with E-state index in [9.17, 15) is 31.1 Å². The van der Waals surface area contributed by atoms with E-state index >= 15 is 0 Å². The van der Waals surface area contributed by atoms with Crippen LogP contribution in [0.5, 0.6) is 0 Å². The van der Waals surface area contributed by atoms with Crippen molar-refractivity contribution in [2.75, 3.05) is 5.32 Å². The highest BCUT2D eigenvalue weighted by molar-refractivity contribution is 5.92. The van der Waals surface area contributed by atoms with E-state index in [1.165, 1.54) is 0 Å². The predicted molar refractivity (Wildman–Crippen MR) is 59.7 cm³/mol. The molecule has 1 aromatic rings. The molecule has 0 saturated carbocycles. The molecule has 1 amide bonds. The molecular weight excluding hydrogens is 288 g/mol. The molecule has 0 saturated heterocycles. The summed E-state index contributed by atoms with van der Waals surface area (Å²) >= 11 is 0. The highest BCUT2D eigenvalue weighted by Crippen LogP contribution is 2.42. The van der Waals surface area contributed by atoms with E-state index in [0.717, 1.165) is 0 Å². The van der Waals surface area contributed by atoms with Crippen LogP contribution in [0.3, 0.4) is 0 Å². The maximum atomic E-state index is 12.7. The van der Waals surface area contributed by atoms with Gasteiger partial charge in [0.15, 0.2) is 0 Å². The Morgan fingerprint density at radius 3 is 1.85 bits per heavy atom. The Bertz CT molecular complexity index is 459. The van der Waals surface area contributed by atoms with Crippen molar-refractivity contribution in [3.63, 3.8) is 0 Å². The van der Waals surface area contributed by atoms with E-state index in [4.69, 9.17) is 0 Å². The van der Waals surface area contributed by atoms with E-state index < -0.39 is 35.1 Å². The molecule has 20 heavy (non-hydrogen) atoms. The van der Waals surface area contributed by atoms with Crippen LogP contribution in [0.1, 0.15) is 24.0 Å². The van der Waals surface area contributed by atoms with Gasteiger partial charge in [-0.1, -0.05) is 13.0 Å². The monoisotopic (exact) mass is 298 g/mol. The maximum Gasteiger partial charge on any atom is 0.418 e. The van der Waals surface area contributed by atoms with Gasteiger partial charge in [0, 0.05) is 6.42 Å². The van der Waals surface area contributed by atoms with Gasteiger partial charge in [-0.3, -0.25) is 4.79 Å². The average Bonchev–Trinajstić information content (AvgIpc) is 2.26. The second-order valence-corrected chi connectivity index (χ2v) is 3.88. The van der Waals surface area contributed by atoms with Crippen molar-refractivity contribution >= 4 is 11.6 Å². The Hall–Kier alpha value is -1.73. The number of hydrogen-bond acceptors (Lipinski definition) is 1. The summed E-state index contributed by atoms with van der Waals surface area (Å²) in [6.07, 6.45) is -10.2. The molecule has 1 aromatic carbocycles. The van der Waals surface area contributed by atoms with Crippen LogP contribution in [0.25, 0.3) is 0 Å². The summed E-state index contributed by atoms with van der Waals surface area (Å²) in [7, 11) is 0. The molecule has 0 aromatic heterocycles. The number of benzene rings is 1. The van der Waals surface area contributed by atoms with Crippen LogP contribution in [-0.2, 0) is 17.1 Å². The molecule has 1 N–H and O–H groups in total. The molecule has 1 rings (SSSR count). The van der Waals surface area contributed by atoms with Crippen LogP contribution in [0.15, 0.2) is 18.2 Å². The van der Waals surface area contributed by atoms with Gasteiger partial charge in [-0.25, -0.2) is 0 Å². The second-order valence-electron chi connectivity index (χ2n) is 3.88. The number of carbonyl (C=O) groups excluding carboxylic acids is 1. The number of rotatable bonds is 3. The quantitative estimate of drug-likeness (QED) is 0.829. The second kappa shape index (κ2) is 5.72. The Labute approximate surface area is 110 Å². The number of hydrogen-bond donors (Lipinski definition) is 1. The van der Waals surface area contributed by atoms with Crippen LogP contribution in [0.2, 0.25) is 0 Å². The normalized spacial score (nSPS) is 12.3. The molecule has 0 aliphatic carbocycles. The number of anilines is 1. The van der Waals surface area contributed by atoms with Crippen LogP contribution in [0.4, 0.5) is 32.0 Å². The van der Waals surface area contributed by atoms with Crippen molar-refractivity contribution < 1.29 is 31.1 Å². The van der Waals surface area contributed by atoms with Crippen molar-refractivity contribution in [3.8, 4) is 0 Å². The van der Waals surface area contributed by atoms with Gasteiger partial charge in [0.25, 0.3) is 0 Å². The molecule has 1 radical (unpaired) electrons. The first-order valence-electron chi connectivity index (χ1n) is 5.44. The van der Waals surface area contributed by atoms with E-state index in [2.05, 4.69) is 6.92 Å². The smallest absolute Gasteiger partial charge is 0.325 e. The Morgan fingerprint density at radius 2 is 1.50 bits per heavy atom. The zero-order valence-corrected chi connectivity index (χ0v) is 10.0. The molecule has 8 heteroatoms. The van der Waals surface area contributed by atoms with Crippen molar-refractivity contribution in [2.45, 2.75) is 25.2 Å². The molecule has 0 atom stereocenters. The van der Waals surface area contributed by atoms with E-state index in [-0.39, 0.29) is 12.8 Å². The van der Waals surface area contributed by atoms with Gasteiger partial charge in [0.2, 0.25) is 5.91 Å². The first-order chi connectivity index (χ1) is 9.07. The van der Waals surface area contributed by atoms with Crippen molar-refractivity contribution in [2.24, 2.45) is 0 Å². The molecule has 0 aliphatic rings. The van der Waals surface area contributed by atoms with E-state index in [0.29, 0.717) is 18.2 Å². The lowest BCUT2D eigenvalue weighted by Crippen LogP contribution is -2.20. The SMILES string of the molecule is [CH2]CCC(=O)Nc1c(C(F)(F)F)cccc1C(F)(F)F. The third kappa shape index (κ3) is 3.88. The van der Waals surface area contributed by atoms with Gasteiger partial charge in [-0.05, 0) is 18.6 Å². The maximum absolute atomic E-state index is 12.7. The standard InChI is InChI=1S/C12H10F6NO/c1-2-4-9(20)19-10-7(11(13,14)15)5-3-6-8(10)12(16,17)18/h3,5-6H,1-2,4H2,(H,19,20). The van der Waals surface area contributed by atoms with Gasteiger partial charge in [-0.2, -0.15) is 26.3 Å². The fourth-order valence-corrected chi connectivity index (χ4v) is 1.52. The van der Waals surface area contributed by atoms with Crippen LogP contribution >= 0.6 is 0 Å². The topological polar surface area (TPSA) is 29.1 Å². The fourth-order valence-electron chi connectivity index (χ4n) is 1.52. The zero-order chi connectivity index (χ0) is 15.6. The summed E-state index contributed by atoms with van der Waals surface area (Å²) in [6, 6.07) is 1.60. The predicted octanol–water partition coefficient (Wildman–Crippen LogP) is 4.28. The molecule has 0 bridgehead atoms. The minimum absolute atomic E-state index is 0.0569. The van der Waals surface area contributed by atoms with Gasteiger partial charge in [-0.15, -0.1) is 0 Å². The lowest BCUT2D eigenvalue weighted by molar-refractivity contribution is -0.141. The molecule has 0 unspecified atom stereocenters. The molecule has 0 heterocycles. The van der Waals surface area contributed by atoms with E-state index in [1.54, 1.807) is 5.32 Å². The van der Waals surface area contributed by atoms with Gasteiger partial charge in [0.05, 0.1) is 16.8 Å². The highest BCUT2D eigenvalue weighted by atomic mass is 19.4. The van der Waals surface area contributed by atoms with Gasteiger partial charge in [0.1, 0.15) is 0 Å². The van der Waals surface area contributed by atoms with Crippen LogP contribution < -0.4 is 5.32 Å². The third-order valence-electron chi connectivity index (χ3n) is 2.34. The first-order valence-corrected chi connectivity index (χ1v) is 5.44. The summed E-state index contributed by atoms with van der Waals surface area (Å²) in [5.74, 6) is -0.956. The van der Waals surface area contributed by atoms with Crippen LogP contribution in [-0.4, -0.2) is 5.91 Å². The van der Waals surface area contributed by atoms with Crippen LogP contribution in [0, 0.1) is 6.92 Å². The van der Waals surface area contributed by atoms with Gasteiger partial charge >= 0.3 is 12.4 Å². The number of para-hydroxylation sites is 1. The van der Waals surface area contributed by atoms with Crippen molar-refractivity contribution in [1.29, 1.82) is 0 Å². The molecule has 0 aliphatic heterocycles. The summed E-state index contributed by atoms with van der Waals surface area (Å²) < 4.78 is 76.3. The average molecular weight is 298 g/mol. The minimum Gasteiger partial charge on any atom is -0.325 e. The third-order valence-corrected chi connectivity index (χ3v) is 2.34. The molecule has 111 valence electrons. The van der Waals surface area contributed by atoms with Gasteiger partial charge < -0.3 is 5.32 Å². The largest absolute Gasteiger partial charge is 0.418 e. The fraction of sp³-hybridized carbons (Fsp3) is 0.333. The number of halogens is 6. The minimum atomic E-state index is -5.01. The lowest BCUT2D eigenvalue weighted by Gasteiger charge is -2.19. The Morgan fingerprint density at radius 1 is 1.05 bits per heavy atom. The van der Waals surface area contributed by atoms with E-state index in [1.807, 2.05) is 0 Å². The lowest BCUT2D eigenvalue weighted by atomic mass is 10.1. The molecular formula is C12H10F6NO. The summed E-state index contributed by atoms with van der Waals surface area (Å²) in [5, 5.41) is 1.67. The Kier molecular flexibility index (Phi) is 4.67. The zero-order valence-electron chi connectivity index (χ0n) is 10.0. The molecule has 0 fully saturated rings. The number of carbonyl (C=O) groups is 1. The number of alkyl halides is 6. The molecule has 2 nitrogen and oxygen atoms in total. The molecule has 0 spiro atoms. The summed E-state index contributed by atoms with van der Waals surface area (Å²) in [4.78, 5) is 11.3. The first kappa shape index (κ1) is 16.3. The Balaban J connectivity index is 3.37. The summed E-state index contributed by atoms with van der Waals surface area (Å²) in [5.41, 5.74) is -4.35. The summed E-state index contributed by atoms with van der Waals surface area (Å²) in [6.45, 7) is 3.30. The van der Waals surface area contributed by atoms with Crippen molar-refractivity contribution in [1.82, 2.24) is 0 Å². The van der Waals surface area contributed by atoms with Crippen molar-refractivity contribution in [3.05, 3.63) is 36.2 Å². The number of amides is 1.